The minimum atomic E-state index is 0.545. The molecule has 118 valence electrons. The van der Waals surface area contributed by atoms with Crippen molar-refractivity contribution >= 4 is 34.0 Å². The van der Waals surface area contributed by atoms with E-state index in [1.165, 1.54) is 5.56 Å². The molecular weight excluding hydrogens is 300 g/mol. The van der Waals surface area contributed by atoms with E-state index >= 15 is 0 Å². The van der Waals surface area contributed by atoms with Gasteiger partial charge in [0.15, 0.2) is 0 Å². The van der Waals surface area contributed by atoms with Gasteiger partial charge < -0.3 is 10.6 Å². The van der Waals surface area contributed by atoms with E-state index in [1.54, 1.807) is 12.4 Å². The van der Waals surface area contributed by atoms with E-state index in [4.69, 9.17) is 0 Å². The number of fused-ring (bicyclic) bond motifs is 1. The number of nitrogens with zero attached hydrogens (tertiary/aromatic N) is 3. The van der Waals surface area contributed by atoms with Crippen LogP contribution in [0, 0.1) is 6.92 Å². The lowest BCUT2D eigenvalue weighted by atomic mass is 10.2. The first-order valence-electron chi connectivity index (χ1n) is 7.64. The Bertz CT molecular complexity index is 974. The lowest BCUT2D eigenvalue weighted by Crippen LogP contribution is -2.00. The third kappa shape index (κ3) is 2.89. The van der Waals surface area contributed by atoms with Gasteiger partial charge in [0, 0.05) is 17.3 Å². The van der Waals surface area contributed by atoms with Gasteiger partial charge in [-0.25, -0.2) is 4.98 Å². The number of hydrogen-bond donors (Lipinski definition) is 3. The van der Waals surface area contributed by atoms with Gasteiger partial charge in [-0.3, -0.25) is 5.10 Å². The zero-order chi connectivity index (χ0) is 16.4. The molecule has 0 atom stereocenters. The van der Waals surface area contributed by atoms with Crippen LogP contribution in [0.2, 0.25) is 0 Å². The van der Waals surface area contributed by atoms with Crippen LogP contribution in [-0.4, -0.2) is 20.2 Å². The molecule has 6 nitrogen and oxygen atoms in total. The molecule has 3 N–H and O–H groups in total. The number of aryl methyl sites for hydroxylation is 1. The van der Waals surface area contributed by atoms with E-state index in [1.807, 2.05) is 48.5 Å². The van der Waals surface area contributed by atoms with Crippen molar-refractivity contribution in [3.8, 4) is 0 Å². The number of aromatic amines is 1. The minimum Gasteiger partial charge on any atom is -0.339 e. The molecule has 0 amide bonds. The lowest BCUT2D eigenvalue weighted by Gasteiger charge is -2.09. The summed E-state index contributed by atoms with van der Waals surface area (Å²) in [4.78, 5) is 8.78. The van der Waals surface area contributed by atoms with E-state index in [0.717, 1.165) is 22.3 Å². The van der Waals surface area contributed by atoms with Crippen molar-refractivity contribution < 1.29 is 0 Å². The maximum Gasteiger partial charge on any atom is 0.229 e. The van der Waals surface area contributed by atoms with Gasteiger partial charge in [-0.2, -0.15) is 10.1 Å². The molecule has 0 fully saturated rings. The Labute approximate surface area is 139 Å². The number of hydrogen-bond acceptors (Lipinski definition) is 5. The lowest BCUT2D eigenvalue weighted by molar-refractivity contribution is 1.12. The molecule has 4 rings (SSSR count). The van der Waals surface area contributed by atoms with Crippen molar-refractivity contribution in [3.05, 3.63) is 66.5 Å². The summed E-state index contributed by atoms with van der Waals surface area (Å²) in [6.07, 6.45) is 3.52. The summed E-state index contributed by atoms with van der Waals surface area (Å²) in [5, 5.41) is 14.6. The highest BCUT2D eigenvalue weighted by molar-refractivity contribution is 5.92. The first kappa shape index (κ1) is 14.2. The molecular formula is C18H16N6. The maximum atomic E-state index is 4.51. The molecule has 2 aromatic carbocycles. The van der Waals surface area contributed by atoms with Gasteiger partial charge in [-0.05, 0) is 37.3 Å². The number of H-pyrrole nitrogens is 1. The predicted octanol–water partition coefficient (Wildman–Crippen LogP) is 4.15. The van der Waals surface area contributed by atoms with Crippen LogP contribution in [0.3, 0.4) is 0 Å². The quantitative estimate of drug-likeness (QED) is 0.527. The Hall–Kier alpha value is -3.41. The van der Waals surface area contributed by atoms with E-state index in [0.29, 0.717) is 11.8 Å². The van der Waals surface area contributed by atoms with Crippen molar-refractivity contribution in [2.45, 2.75) is 6.92 Å². The highest BCUT2D eigenvalue weighted by atomic mass is 15.1. The first-order valence-corrected chi connectivity index (χ1v) is 7.64. The SMILES string of the molecule is Cc1ccc(Nc2nccc(Nc3cccc4[nH]ncc34)n2)cc1. The number of anilines is 4. The van der Waals surface area contributed by atoms with Crippen LogP contribution in [0.4, 0.5) is 23.1 Å². The number of rotatable bonds is 4. The molecule has 0 saturated heterocycles. The maximum absolute atomic E-state index is 4.51. The monoisotopic (exact) mass is 316 g/mol. The van der Waals surface area contributed by atoms with Crippen molar-refractivity contribution in [3.63, 3.8) is 0 Å². The van der Waals surface area contributed by atoms with Crippen LogP contribution in [0.1, 0.15) is 5.56 Å². The van der Waals surface area contributed by atoms with Gasteiger partial charge in [0.05, 0.1) is 17.4 Å². The molecule has 0 saturated carbocycles. The molecule has 0 aliphatic heterocycles. The molecule has 0 bridgehead atoms. The third-order valence-corrected chi connectivity index (χ3v) is 3.71. The molecule has 0 radical (unpaired) electrons. The van der Waals surface area contributed by atoms with Crippen LogP contribution in [0.5, 0.6) is 0 Å². The normalized spacial score (nSPS) is 10.7. The molecule has 0 spiro atoms. The van der Waals surface area contributed by atoms with Gasteiger partial charge in [0.2, 0.25) is 5.95 Å². The molecule has 2 aromatic heterocycles. The van der Waals surface area contributed by atoms with Crippen molar-refractivity contribution in [2.75, 3.05) is 10.6 Å². The summed E-state index contributed by atoms with van der Waals surface area (Å²) in [6.45, 7) is 2.06. The largest absolute Gasteiger partial charge is 0.339 e. The second-order valence-electron chi connectivity index (χ2n) is 5.52. The summed E-state index contributed by atoms with van der Waals surface area (Å²) < 4.78 is 0. The fourth-order valence-corrected chi connectivity index (χ4v) is 2.47. The summed E-state index contributed by atoms with van der Waals surface area (Å²) in [5.41, 5.74) is 4.09. The Kier molecular flexibility index (Phi) is 3.55. The second-order valence-corrected chi connectivity index (χ2v) is 5.52. The molecule has 0 unspecified atom stereocenters. The molecule has 6 heteroatoms. The Morgan fingerprint density at radius 2 is 1.83 bits per heavy atom. The van der Waals surface area contributed by atoms with Gasteiger partial charge in [-0.1, -0.05) is 23.8 Å². The van der Waals surface area contributed by atoms with Crippen LogP contribution >= 0.6 is 0 Å². The fourth-order valence-electron chi connectivity index (χ4n) is 2.47. The number of benzene rings is 2. The second kappa shape index (κ2) is 6.00. The van der Waals surface area contributed by atoms with Crippen LogP contribution in [-0.2, 0) is 0 Å². The van der Waals surface area contributed by atoms with E-state index in [-0.39, 0.29) is 0 Å². The average molecular weight is 316 g/mol. The Morgan fingerprint density at radius 1 is 0.958 bits per heavy atom. The smallest absolute Gasteiger partial charge is 0.229 e. The van der Waals surface area contributed by atoms with E-state index in [9.17, 15) is 0 Å². The molecule has 2 heterocycles. The highest BCUT2D eigenvalue weighted by Gasteiger charge is 2.05. The molecule has 24 heavy (non-hydrogen) atoms. The van der Waals surface area contributed by atoms with Gasteiger partial charge in [0.25, 0.3) is 0 Å². The summed E-state index contributed by atoms with van der Waals surface area (Å²) in [6, 6.07) is 15.9. The standard InChI is InChI=1S/C18H16N6/c1-12-5-7-13(8-6-12)21-18-19-10-9-17(23-18)22-15-3-2-4-16-14(15)11-20-24-16/h2-11H,1H3,(H,20,24)(H2,19,21,22,23). The molecule has 0 aliphatic carbocycles. The summed E-state index contributed by atoms with van der Waals surface area (Å²) in [7, 11) is 0. The van der Waals surface area contributed by atoms with Crippen LogP contribution < -0.4 is 10.6 Å². The average Bonchev–Trinajstić information content (AvgIpc) is 3.07. The summed E-state index contributed by atoms with van der Waals surface area (Å²) in [5.74, 6) is 1.26. The summed E-state index contributed by atoms with van der Waals surface area (Å²) >= 11 is 0. The van der Waals surface area contributed by atoms with E-state index < -0.39 is 0 Å². The Morgan fingerprint density at radius 3 is 2.71 bits per heavy atom. The van der Waals surface area contributed by atoms with Gasteiger partial charge >= 0.3 is 0 Å². The van der Waals surface area contributed by atoms with Crippen molar-refractivity contribution in [1.29, 1.82) is 0 Å². The van der Waals surface area contributed by atoms with E-state index in [2.05, 4.69) is 37.7 Å². The van der Waals surface area contributed by atoms with Crippen molar-refractivity contribution in [1.82, 2.24) is 20.2 Å². The van der Waals surface area contributed by atoms with Gasteiger partial charge in [-0.15, -0.1) is 0 Å². The highest BCUT2D eigenvalue weighted by Crippen LogP contribution is 2.24. The molecule has 4 aromatic rings. The zero-order valence-corrected chi connectivity index (χ0v) is 13.1. The van der Waals surface area contributed by atoms with Crippen LogP contribution in [0.15, 0.2) is 60.9 Å². The van der Waals surface area contributed by atoms with Crippen molar-refractivity contribution in [2.24, 2.45) is 0 Å². The Balaban J connectivity index is 1.58. The number of aromatic nitrogens is 4. The van der Waals surface area contributed by atoms with Gasteiger partial charge in [0.1, 0.15) is 5.82 Å². The van der Waals surface area contributed by atoms with Crippen LogP contribution in [0.25, 0.3) is 10.9 Å². The predicted molar refractivity (Wildman–Crippen MR) is 95.9 cm³/mol. The topological polar surface area (TPSA) is 78.5 Å². The number of nitrogens with one attached hydrogen (secondary N) is 3. The minimum absolute atomic E-state index is 0.545. The fraction of sp³-hybridized carbons (Fsp3) is 0.0556. The third-order valence-electron chi connectivity index (χ3n) is 3.71. The first-order chi connectivity index (χ1) is 11.8. The molecule has 0 aliphatic rings. The zero-order valence-electron chi connectivity index (χ0n) is 13.1.